The van der Waals surface area contributed by atoms with E-state index in [-0.39, 0.29) is 18.7 Å². The monoisotopic (exact) mass is 752 g/mol. The summed E-state index contributed by atoms with van der Waals surface area (Å²) in [6.07, 6.45) is 19.7. The average molecular weight is 752 g/mol. The van der Waals surface area contributed by atoms with Gasteiger partial charge in [-0.25, -0.2) is 0 Å². The van der Waals surface area contributed by atoms with Crippen molar-refractivity contribution in [2.45, 2.75) is 116 Å². The van der Waals surface area contributed by atoms with Crippen molar-refractivity contribution in [3.63, 3.8) is 0 Å². The normalized spacial score (nSPS) is 11.4. The van der Waals surface area contributed by atoms with Gasteiger partial charge in [-0.1, -0.05) is 90.4 Å². The molecule has 0 fully saturated rings. The Balaban J connectivity index is 3.08. The van der Waals surface area contributed by atoms with Crippen LogP contribution in [0, 0.1) is 0 Å². The average Bonchev–Trinajstić information content (AvgIpc) is 3.14. The molecule has 0 atom stereocenters. The van der Waals surface area contributed by atoms with Gasteiger partial charge in [0.05, 0.1) is 112 Å². The van der Waals surface area contributed by atoms with E-state index in [0.29, 0.717) is 125 Å². The first-order chi connectivity index (χ1) is 25.7. The summed E-state index contributed by atoms with van der Waals surface area (Å²) < 4.78 is 49.6. The summed E-state index contributed by atoms with van der Waals surface area (Å²) >= 11 is 0. The van der Waals surface area contributed by atoms with Crippen LogP contribution < -0.4 is 5.32 Å². The van der Waals surface area contributed by atoms with E-state index in [1.807, 2.05) is 0 Å². The van der Waals surface area contributed by atoms with Gasteiger partial charge in [-0.15, -0.1) is 0 Å². The molecule has 0 aliphatic heterocycles. The summed E-state index contributed by atoms with van der Waals surface area (Å²) in [6.45, 7) is 12.3. The van der Waals surface area contributed by atoms with E-state index in [0.717, 1.165) is 13.0 Å². The van der Waals surface area contributed by atoms with Gasteiger partial charge < -0.3 is 53.1 Å². The molecule has 2 N–H and O–H groups in total. The zero-order valence-electron chi connectivity index (χ0n) is 32.9. The third kappa shape index (κ3) is 46.6. The zero-order chi connectivity index (χ0) is 37.7. The minimum absolute atomic E-state index is 0.00560. The van der Waals surface area contributed by atoms with E-state index >= 15 is 0 Å². The lowest BCUT2D eigenvalue weighted by molar-refractivity contribution is -0.138. The molecule has 13 nitrogen and oxygen atoms in total. The molecule has 0 aliphatic rings. The first-order valence-corrected chi connectivity index (χ1v) is 20.3. The van der Waals surface area contributed by atoms with E-state index in [4.69, 9.17) is 47.7 Å². The van der Waals surface area contributed by atoms with Crippen molar-refractivity contribution >= 4 is 11.9 Å². The van der Waals surface area contributed by atoms with Crippen molar-refractivity contribution in [1.29, 1.82) is 0 Å². The molecule has 0 heterocycles. The maximum absolute atomic E-state index is 11.4. The van der Waals surface area contributed by atoms with Crippen LogP contribution in [0.15, 0.2) is 0 Å². The third-order valence-electron chi connectivity index (χ3n) is 7.97. The molecule has 0 aromatic carbocycles. The van der Waals surface area contributed by atoms with Crippen LogP contribution in [-0.2, 0) is 52.2 Å². The summed E-state index contributed by atoms with van der Waals surface area (Å²) in [5.74, 6) is -1.24. The lowest BCUT2D eigenvalue weighted by Crippen LogP contribution is -2.25. The highest BCUT2D eigenvalue weighted by Crippen LogP contribution is 2.13. The zero-order valence-corrected chi connectivity index (χ0v) is 32.9. The van der Waals surface area contributed by atoms with Gasteiger partial charge >= 0.3 is 5.97 Å². The summed E-state index contributed by atoms with van der Waals surface area (Å²) in [4.78, 5) is 21.8. The van der Waals surface area contributed by atoms with Crippen molar-refractivity contribution in [3.05, 3.63) is 0 Å². The van der Waals surface area contributed by atoms with Crippen LogP contribution in [0.3, 0.4) is 0 Å². The summed E-state index contributed by atoms with van der Waals surface area (Å²) in [7, 11) is 0. The number of nitrogens with one attached hydrogen (secondary N) is 1. The number of unbranched alkanes of at least 4 members (excludes halogenated alkanes) is 13. The van der Waals surface area contributed by atoms with E-state index in [2.05, 4.69) is 12.2 Å². The Kier molecular flexibility index (Phi) is 44.5. The van der Waals surface area contributed by atoms with Crippen molar-refractivity contribution in [3.8, 4) is 0 Å². The molecule has 1 amide bonds. The SMILES string of the molecule is CCCCCCCCCCCCCCCCOCCOCCOCCOCCOCCOCCOCCOCCOCCCNC(=O)CCC(=O)O. The van der Waals surface area contributed by atoms with Crippen LogP contribution in [-0.4, -0.2) is 142 Å². The molecular weight excluding hydrogens is 674 g/mol. The smallest absolute Gasteiger partial charge is 0.303 e. The van der Waals surface area contributed by atoms with Crippen LogP contribution in [0.4, 0.5) is 0 Å². The molecule has 0 radical (unpaired) electrons. The Labute approximate surface area is 315 Å². The minimum Gasteiger partial charge on any atom is -0.481 e. The van der Waals surface area contributed by atoms with Crippen LogP contribution in [0.1, 0.15) is 116 Å². The summed E-state index contributed by atoms with van der Waals surface area (Å²) in [5.41, 5.74) is 0. The predicted octanol–water partition coefficient (Wildman–Crippen LogP) is 5.99. The van der Waals surface area contributed by atoms with Gasteiger partial charge in [-0.2, -0.15) is 0 Å². The number of carboxylic acid groups (broad SMARTS) is 1. The second-order valence-corrected chi connectivity index (χ2v) is 12.7. The fraction of sp³-hybridized carbons (Fsp3) is 0.949. The standard InChI is InChI=1S/C39H77NO12/c1-2-3-4-5-6-7-8-9-10-11-12-13-14-15-20-44-22-24-46-26-28-48-30-32-50-34-36-52-37-35-51-33-31-49-29-27-47-25-23-45-21-16-19-40-38(41)17-18-39(42)43/h2-37H2,1H3,(H,40,41)(H,42,43). The van der Waals surface area contributed by atoms with Crippen LogP contribution in [0.5, 0.6) is 0 Å². The number of amides is 1. The fourth-order valence-corrected chi connectivity index (χ4v) is 4.97. The second-order valence-electron chi connectivity index (χ2n) is 12.7. The fourth-order valence-electron chi connectivity index (χ4n) is 4.97. The molecule has 0 saturated heterocycles. The maximum atomic E-state index is 11.4. The van der Waals surface area contributed by atoms with Gasteiger partial charge in [0.15, 0.2) is 0 Å². The van der Waals surface area contributed by atoms with Crippen molar-refractivity contribution in [1.82, 2.24) is 5.32 Å². The quantitative estimate of drug-likeness (QED) is 0.0704. The summed E-state index contributed by atoms with van der Waals surface area (Å²) in [6, 6.07) is 0. The predicted molar refractivity (Wildman–Crippen MR) is 202 cm³/mol. The Hall–Kier alpha value is -1.42. The number of ether oxygens (including phenoxy) is 9. The van der Waals surface area contributed by atoms with Gasteiger partial charge in [0.1, 0.15) is 0 Å². The lowest BCUT2D eigenvalue weighted by atomic mass is 10.0. The van der Waals surface area contributed by atoms with Crippen LogP contribution >= 0.6 is 0 Å². The number of carboxylic acids is 1. The maximum Gasteiger partial charge on any atom is 0.303 e. The van der Waals surface area contributed by atoms with Gasteiger partial charge in [0.25, 0.3) is 0 Å². The molecule has 0 aromatic heterocycles. The van der Waals surface area contributed by atoms with E-state index in [1.165, 1.54) is 83.5 Å². The highest BCUT2D eigenvalue weighted by Gasteiger charge is 2.04. The van der Waals surface area contributed by atoms with Gasteiger partial charge in [0, 0.05) is 26.2 Å². The van der Waals surface area contributed by atoms with Crippen molar-refractivity contribution < 1.29 is 57.3 Å². The number of carbonyl (C=O) groups is 2. The van der Waals surface area contributed by atoms with Gasteiger partial charge in [0.2, 0.25) is 5.91 Å². The highest BCUT2D eigenvalue weighted by molar-refractivity contribution is 5.80. The Morgan fingerprint density at radius 2 is 0.635 bits per heavy atom. The molecule has 0 bridgehead atoms. The Bertz CT molecular complexity index is 719. The van der Waals surface area contributed by atoms with E-state index < -0.39 is 5.97 Å². The van der Waals surface area contributed by atoms with E-state index in [1.54, 1.807) is 0 Å². The molecule has 52 heavy (non-hydrogen) atoms. The van der Waals surface area contributed by atoms with Gasteiger partial charge in [-0.3, -0.25) is 9.59 Å². The summed E-state index contributed by atoms with van der Waals surface area (Å²) in [5, 5.41) is 11.2. The van der Waals surface area contributed by atoms with Crippen LogP contribution in [0.2, 0.25) is 0 Å². The largest absolute Gasteiger partial charge is 0.481 e. The number of carbonyl (C=O) groups excluding carboxylic acids is 1. The topological polar surface area (TPSA) is 149 Å². The molecule has 0 aliphatic carbocycles. The molecule has 0 saturated carbocycles. The van der Waals surface area contributed by atoms with Crippen LogP contribution in [0.25, 0.3) is 0 Å². The molecule has 0 rings (SSSR count). The lowest BCUT2D eigenvalue weighted by Gasteiger charge is -2.09. The number of hydrogen-bond donors (Lipinski definition) is 2. The van der Waals surface area contributed by atoms with Crippen molar-refractivity contribution in [2.75, 3.05) is 125 Å². The van der Waals surface area contributed by atoms with Crippen molar-refractivity contribution in [2.24, 2.45) is 0 Å². The molecular formula is C39H77NO12. The highest BCUT2D eigenvalue weighted by atomic mass is 16.6. The molecule has 0 aromatic rings. The number of rotatable bonds is 46. The van der Waals surface area contributed by atoms with Gasteiger partial charge in [-0.05, 0) is 12.8 Å². The number of aliphatic carboxylic acids is 1. The first-order valence-electron chi connectivity index (χ1n) is 20.3. The molecule has 0 spiro atoms. The molecule has 0 unspecified atom stereocenters. The second kappa shape index (κ2) is 45.7. The Morgan fingerprint density at radius 1 is 0.365 bits per heavy atom. The number of hydrogen-bond acceptors (Lipinski definition) is 11. The third-order valence-corrected chi connectivity index (χ3v) is 7.97. The minimum atomic E-state index is -0.978. The molecule has 310 valence electrons. The Morgan fingerprint density at radius 3 is 0.942 bits per heavy atom. The first kappa shape index (κ1) is 50.6. The van der Waals surface area contributed by atoms with E-state index in [9.17, 15) is 9.59 Å². The molecule has 13 heteroatoms.